The summed E-state index contributed by atoms with van der Waals surface area (Å²) in [4.78, 5) is 5.89. The molecule has 0 aliphatic heterocycles. The number of nitrogens with one attached hydrogen (secondary N) is 1. The fraction of sp³-hybridized carbons (Fsp3) is 0.727. The van der Waals surface area contributed by atoms with Crippen LogP contribution in [0.5, 0.6) is 0 Å². The molecule has 0 fully saturated rings. The van der Waals surface area contributed by atoms with Crippen LogP contribution < -0.4 is 5.32 Å². The summed E-state index contributed by atoms with van der Waals surface area (Å²) < 4.78 is 0. The van der Waals surface area contributed by atoms with Gasteiger partial charge < -0.3 is 5.32 Å². The fourth-order valence-electron chi connectivity index (χ4n) is 1.54. The van der Waals surface area contributed by atoms with E-state index in [0.717, 1.165) is 6.54 Å². The summed E-state index contributed by atoms with van der Waals surface area (Å²) in [6.07, 6.45) is 2.49. The van der Waals surface area contributed by atoms with Crippen LogP contribution in [0.4, 0.5) is 0 Å². The third-order valence-electron chi connectivity index (χ3n) is 2.33. The van der Waals surface area contributed by atoms with E-state index in [9.17, 15) is 0 Å². The van der Waals surface area contributed by atoms with Crippen molar-refractivity contribution in [1.82, 2.24) is 10.3 Å². The molecule has 1 N–H and O–H groups in total. The predicted molar refractivity (Wildman–Crippen MR) is 62.9 cm³/mol. The molecule has 0 aliphatic rings. The third-order valence-corrected chi connectivity index (χ3v) is 3.23. The van der Waals surface area contributed by atoms with Crippen molar-refractivity contribution in [3.63, 3.8) is 0 Å². The molecule has 1 aromatic rings. The molecule has 1 rings (SSSR count). The molecule has 0 saturated carbocycles. The Morgan fingerprint density at radius 1 is 1.43 bits per heavy atom. The second-order valence-electron chi connectivity index (χ2n) is 3.70. The predicted octanol–water partition coefficient (Wildman–Crippen LogP) is 3.21. The molecule has 0 bridgehead atoms. The van der Waals surface area contributed by atoms with Crippen molar-refractivity contribution in [2.45, 2.75) is 46.6 Å². The molecule has 0 spiro atoms. The number of thiazole rings is 1. The average Bonchev–Trinajstić information content (AvgIpc) is 2.45. The molecule has 0 amide bonds. The van der Waals surface area contributed by atoms with Crippen molar-refractivity contribution in [2.24, 2.45) is 0 Å². The fourth-order valence-corrected chi connectivity index (χ4v) is 2.45. The smallest absolute Gasteiger partial charge is 0.0900 e. The summed E-state index contributed by atoms with van der Waals surface area (Å²) in [7, 11) is 0. The Labute approximate surface area is 90.8 Å². The van der Waals surface area contributed by atoms with Crippen molar-refractivity contribution in [3.8, 4) is 0 Å². The van der Waals surface area contributed by atoms with Gasteiger partial charge >= 0.3 is 0 Å². The molecule has 14 heavy (non-hydrogen) atoms. The van der Waals surface area contributed by atoms with Gasteiger partial charge in [-0.25, -0.2) is 4.98 Å². The van der Waals surface area contributed by atoms with Gasteiger partial charge in [0.25, 0.3) is 0 Å². The van der Waals surface area contributed by atoms with Crippen LogP contribution in [0.3, 0.4) is 0 Å². The number of aryl methyl sites for hydroxylation is 2. The number of hydrogen-bond donors (Lipinski definition) is 1. The van der Waals surface area contributed by atoms with Gasteiger partial charge in [0, 0.05) is 10.9 Å². The van der Waals surface area contributed by atoms with E-state index in [0.29, 0.717) is 6.04 Å². The number of rotatable bonds is 5. The monoisotopic (exact) mass is 212 g/mol. The number of hydrogen-bond acceptors (Lipinski definition) is 3. The lowest BCUT2D eigenvalue weighted by molar-refractivity contribution is 0.543. The number of unbranched alkanes of at least 4 members (excludes halogenated alkanes) is 1. The standard InChI is InChI=1S/C11H20N2S/c1-5-6-7-12-8(2)11-9(3)14-10(4)13-11/h8,12H,5-7H2,1-4H3. The van der Waals surface area contributed by atoms with Gasteiger partial charge in [-0.1, -0.05) is 13.3 Å². The molecule has 0 saturated heterocycles. The quantitative estimate of drug-likeness (QED) is 0.758. The first-order valence-electron chi connectivity index (χ1n) is 5.32. The van der Waals surface area contributed by atoms with E-state index in [4.69, 9.17) is 0 Å². The van der Waals surface area contributed by atoms with Crippen LogP contribution in [0.15, 0.2) is 0 Å². The lowest BCUT2D eigenvalue weighted by Crippen LogP contribution is -2.20. The van der Waals surface area contributed by atoms with E-state index in [1.807, 2.05) is 0 Å². The normalized spacial score (nSPS) is 13.1. The van der Waals surface area contributed by atoms with Gasteiger partial charge in [0.05, 0.1) is 10.7 Å². The van der Waals surface area contributed by atoms with Gasteiger partial charge in [-0.2, -0.15) is 0 Å². The molecule has 1 heterocycles. The van der Waals surface area contributed by atoms with Gasteiger partial charge in [0.15, 0.2) is 0 Å². The van der Waals surface area contributed by atoms with Gasteiger partial charge in [0.1, 0.15) is 0 Å². The van der Waals surface area contributed by atoms with Crippen molar-refractivity contribution in [3.05, 3.63) is 15.6 Å². The maximum absolute atomic E-state index is 4.54. The molecular formula is C11H20N2S. The first kappa shape index (κ1) is 11.7. The zero-order valence-electron chi connectivity index (χ0n) is 9.55. The summed E-state index contributed by atoms with van der Waals surface area (Å²) in [5.74, 6) is 0. The minimum atomic E-state index is 0.395. The summed E-state index contributed by atoms with van der Waals surface area (Å²) in [6.45, 7) is 9.72. The molecule has 80 valence electrons. The van der Waals surface area contributed by atoms with Crippen LogP contribution in [0.2, 0.25) is 0 Å². The Balaban J connectivity index is 2.51. The number of nitrogens with zero attached hydrogens (tertiary/aromatic N) is 1. The van der Waals surface area contributed by atoms with Gasteiger partial charge in [0.2, 0.25) is 0 Å². The Morgan fingerprint density at radius 3 is 2.64 bits per heavy atom. The van der Waals surface area contributed by atoms with E-state index in [1.54, 1.807) is 11.3 Å². The van der Waals surface area contributed by atoms with E-state index >= 15 is 0 Å². The van der Waals surface area contributed by atoms with E-state index in [2.05, 4.69) is 38.0 Å². The van der Waals surface area contributed by atoms with Gasteiger partial charge in [-0.15, -0.1) is 11.3 Å². The zero-order chi connectivity index (χ0) is 10.6. The third kappa shape index (κ3) is 3.07. The van der Waals surface area contributed by atoms with E-state index in [1.165, 1.54) is 28.4 Å². The molecule has 1 unspecified atom stereocenters. The highest BCUT2D eigenvalue weighted by Crippen LogP contribution is 2.22. The second kappa shape index (κ2) is 5.47. The Hall–Kier alpha value is -0.410. The first-order chi connectivity index (χ1) is 6.65. The second-order valence-corrected chi connectivity index (χ2v) is 5.11. The van der Waals surface area contributed by atoms with Crippen LogP contribution >= 0.6 is 11.3 Å². The summed E-state index contributed by atoms with van der Waals surface area (Å²) in [5, 5.41) is 4.67. The molecule has 0 aromatic carbocycles. The molecule has 1 aromatic heterocycles. The largest absolute Gasteiger partial charge is 0.309 e. The lowest BCUT2D eigenvalue weighted by atomic mass is 10.2. The molecular weight excluding hydrogens is 192 g/mol. The zero-order valence-corrected chi connectivity index (χ0v) is 10.4. The molecule has 2 nitrogen and oxygen atoms in total. The minimum absolute atomic E-state index is 0.395. The number of aromatic nitrogens is 1. The maximum Gasteiger partial charge on any atom is 0.0900 e. The molecule has 0 aliphatic carbocycles. The summed E-state index contributed by atoms with van der Waals surface area (Å²) >= 11 is 1.79. The van der Waals surface area contributed by atoms with Crippen LogP contribution in [0, 0.1) is 13.8 Å². The van der Waals surface area contributed by atoms with E-state index in [-0.39, 0.29) is 0 Å². The first-order valence-corrected chi connectivity index (χ1v) is 6.14. The maximum atomic E-state index is 4.54. The summed E-state index contributed by atoms with van der Waals surface area (Å²) in [6, 6.07) is 0.395. The van der Waals surface area contributed by atoms with Crippen LogP contribution in [-0.2, 0) is 0 Å². The van der Waals surface area contributed by atoms with Crippen molar-refractivity contribution in [1.29, 1.82) is 0 Å². The highest BCUT2D eigenvalue weighted by molar-refractivity contribution is 7.11. The average molecular weight is 212 g/mol. The van der Waals surface area contributed by atoms with Crippen molar-refractivity contribution in [2.75, 3.05) is 6.54 Å². The van der Waals surface area contributed by atoms with Crippen LogP contribution in [0.1, 0.15) is 48.3 Å². The summed E-state index contributed by atoms with van der Waals surface area (Å²) in [5.41, 5.74) is 1.23. The van der Waals surface area contributed by atoms with Crippen molar-refractivity contribution >= 4 is 11.3 Å². The van der Waals surface area contributed by atoms with Crippen LogP contribution in [-0.4, -0.2) is 11.5 Å². The minimum Gasteiger partial charge on any atom is -0.309 e. The van der Waals surface area contributed by atoms with Gasteiger partial charge in [-0.05, 0) is 33.7 Å². The molecule has 3 heteroatoms. The Morgan fingerprint density at radius 2 is 2.14 bits per heavy atom. The van der Waals surface area contributed by atoms with Gasteiger partial charge in [-0.3, -0.25) is 0 Å². The lowest BCUT2D eigenvalue weighted by Gasteiger charge is -2.11. The van der Waals surface area contributed by atoms with E-state index < -0.39 is 0 Å². The van der Waals surface area contributed by atoms with Crippen molar-refractivity contribution < 1.29 is 0 Å². The highest BCUT2D eigenvalue weighted by atomic mass is 32.1. The Kier molecular flexibility index (Phi) is 4.55. The molecule has 1 atom stereocenters. The van der Waals surface area contributed by atoms with Crippen LogP contribution in [0.25, 0.3) is 0 Å². The highest BCUT2D eigenvalue weighted by Gasteiger charge is 2.11. The SMILES string of the molecule is CCCCNC(C)c1nc(C)sc1C. The molecule has 0 radical (unpaired) electrons. The Bertz CT molecular complexity index is 281. The topological polar surface area (TPSA) is 24.9 Å².